The number of carboxylic acid groups (broad SMARTS) is 1. The Morgan fingerprint density at radius 1 is 1.20 bits per heavy atom. The van der Waals surface area contributed by atoms with Crippen molar-refractivity contribution >= 4 is 11.9 Å². The van der Waals surface area contributed by atoms with Crippen LogP contribution in [0.4, 0.5) is 0 Å². The molecule has 1 aliphatic rings. The molecule has 1 amide bonds. The topological polar surface area (TPSA) is 98.1 Å². The van der Waals surface area contributed by atoms with Gasteiger partial charge in [-0.3, -0.25) is 9.59 Å². The van der Waals surface area contributed by atoms with E-state index < -0.39 is 5.97 Å². The van der Waals surface area contributed by atoms with E-state index in [2.05, 4.69) is 0 Å². The summed E-state index contributed by atoms with van der Waals surface area (Å²) in [7, 11) is 0. The largest absolute Gasteiger partial charge is 0.508 e. The maximum atomic E-state index is 12.2. The van der Waals surface area contributed by atoms with Crippen molar-refractivity contribution in [3.05, 3.63) is 23.8 Å². The molecule has 3 N–H and O–H groups in total. The number of piperidine rings is 1. The molecule has 0 atom stereocenters. The van der Waals surface area contributed by atoms with Gasteiger partial charge < -0.3 is 20.2 Å². The number of nitrogens with zero attached hydrogens (tertiary/aromatic N) is 1. The first-order chi connectivity index (χ1) is 9.47. The normalized spacial score (nSPS) is 16.1. The minimum atomic E-state index is -0.814. The predicted molar refractivity (Wildman–Crippen MR) is 70.7 cm³/mol. The number of hydrogen-bond donors (Lipinski definition) is 3. The summed E-state index contributed by atoms with van der Waals surface area (Å²) >= 11 is 0. The summed E-state index contributed by atoms with van der Waals surface area (Å²) in [5.41, 5.74) is 0.152. The molecule has 1 aromatic carbocycles. The van der Waals surface area contributed by atoms with Crippen LogP contribution in [0.2, 0.25) is 0 Å². The van der Waals surface area contributed by atoms with Crippen LogP contribution >= 0.6 is 0 Å². The number of carbonyl (C=O) groups is 2. The lowest BCUT2D eigenvalue weighted by atomic mass is 9.93. The number of phenols is 2. The number of benzene rings is 1. The second-order valence-corrected chi connectivity index (χ2v) is 5.03. The quantitative estimate of drug-likeness (QED) is 0.777. The maximum Gasteiger partial charge on any atom is 0.303 e. The van der Waals surface area contributed by atoms with E-state index in [0.717, 1.165) is 6.07 Å². The van der Waals surface area contributed by atoms with Gasteiger partial charge in [0.1, 0.15) is 11.5 Å². The number of carbonyl (C=O) groups excluding carboxylic acids is 1. The Morgan fingerprint density at radius 2 is 1.85 bits per heavy atom. The highest BCUT2D eigenvalue weighted by Crippen LogP contribution is 2.26. The lowest BCUT2D eigenvalue weighted by Crippen LogP contribution is -2.38. The van der Waals surface area contributed by atoms with Crippen molar-refractivity contribution in [1.82, 2.24) is 4.90 Å². The Morgan fingerprint density at radius 3 is 2.40 bits per heavy atom. The van der Waals surface area contributed by atoms with Gasteiger partial charge in [0.15, 0.2) is 0 Å². The van der Waals surface area contributed by atoms with Crippen LogP contribution in [0, 0.1) is 5.92 Å². The van der Waals surface area contributed by atoms with Crippen LogP contribution in [0.5, 0.6) is 11.5 Å². The van der Waals surface area contributed by atoms with Crippen LogP contribution in [0.3, 0.4) is 0 Å². The Balaban J connectivity index is 1.99. The molecule has 1 saturated heterocycles. The second kappa shape index (κ2) is 5.81. The number of rotatable bonds is 3. The van der Waals surface area contributed by atoms with Gasteiger partial charge in [-0.15, -0.1) is 0 Å². The lowest BCUT2D eigenvalue weighted by Gasteiger charge is -2.31. The van der Waals surface area contributed by atoms with Gasteiger partial charge >= 0.3 is 5.97 Å². The molecule has 0 saturated carbocycles. The van der Waals surface area contributed by atoms with Crippen LogP contribution < -0.4 is 0 Å². The third kappa shape index (κ3) is 3.20. The average molecular weight is 279 g/mol. The summed E-state index contributed by atoms with van der Waals surface area (Å²) < 4.78 is 0. The third-order valence-corrected chi connectivity index (χ3v) is 3.58. The van der Waals surface area contributed by atoms with Gasteiger partial charge in [-0.1, -0.05) is 0 Å². The molecule has 6 heteroatoms. The minimum Gasteiger partial charge on any atom is -0.508 e. The molecule has 0 radical (unpaired) electrons. The fourth-order valence-corrected chi connectivity index (χ4v) is 2.46. The van der Waals surface area contributed by atoms with Crippen molar-refractivity contribution in [3.63, 3.8) is 0 Å². The molecule has 1 aromatic rings. The van der Waals surface area contributed by atoms with Crippen molar-refractivity contribution in [3.8, 4) is 11.5 Å². The van der Waals surface area contributed by atoms with Gasteiger partial charge in [0.05, 0.1) is 5.56 Å². The summed E-state index contributed by atoms with van der Waals surface area (Å²) in [6, 6.07) is 3.87. The van der Waals surface area contributed by atoms with E-state index in [1.54, 1.807) is 4.90 Å². The monoisotopic (exact) mass is 279 g/mol. The smallest absolute Gasteiger partial charge is 0.303 e. The molecule has 1 fully saturated rings. The molecule has 0 aliphatic carbocycles. The van der Waals surface area contributed by atoms with Crippen molar-refractivity contribution in [2.24, 2.45) is 5.92 Å². The standard InChI is InChI=1S/C14H17NO5/c16-10-1-2-11(12(17)8-10)14(20)15-5-3-9(4-6-15)7-13(18)19/h1-2,8-9,16-17H,3-7H2,(H,18,19). The van der Waals surface area contributed by atoms with Gasteiger partial charge in [0.25, 0.3) is 5.91 Å². The molecule has 6 nitrogen and oxygen atoms in total. The Labute approximate surface area is 116 Å². The highest BCUT2D eigenvalue weighted by molar-refractivity contribution is 5.97. The van der Waals surface area contributed by atoms with Gasteiger partial charge in [0.2, 0.25) is 0 Å². The van der Waals surface area contributed by atoms with Crippen LogP contribution in [-0.2, 0) is 4.79 Å². The molecule has 20 heavy (non-hydrogen) atoms. The number of aliphatic carboxylic acids is 1. The number of hydrogen-bond acceptors (Lipinski definition) is 4. The molecule has 0 aromatic heterocycles. The van der Waals surface area contributed by atoms with Crippen molar-refractivity contribution in [1.29, 1.82) is 0 Å². The molecule has 0 spiro atoms. The van der Waals surface area contributed by atoms with Crippen LogP contribution in [0.25, 0.3) is 0 Å². The summed E-state index contributed by atoms with van der Waals surface area (Å²) in [4.78, 5) is 24.5. The number of amides is 1. The van der Waals surface area contributed by atoms with Crippen LogP contribution in [0.15, 0.2) is 18.2 Å². The number of likely N-dealkylation sites (tertiary alicyclic amines) is 1. The summed E-state index contributed by atoms with van der Waals surface area (Å²) in [5.74, 6) is -1.35. The molecule has 0 bridgehead atoms. The SMILES string of the molecule is O=C(O)CC1CCN(C(=O)c2ccc(O)cc2O)CC1. The Bertz CT molecular complexity index is 520. The van der Waals surface area contributed by atoms with Gasteiger partial charge in [-0.25, -0.2) is 0 Å². The first-order valence-electron chi connectivity index (χ1n) is 6.50. The highest BCUT2D eigenvalue weighted by Gasteiger charge is 2.26. The molecule has 1 heterocycles. The van der Waals surface area contributed by atoms with E-state index in [1.807, 2.05) is 0 Å². The fourth-order valence-electron chi connectivity index (χ4n) is 2.46. The van der Waals surface area contributed by atoms with Crippen molar-refractivity contribution < 1.29 is 24.9 Å². The van der Waals surface area contributed by atoms with E-state index in [4.69, 9.17) is 5.11 Å². The van der Waals surface area contributed by atoms with Gasteiger partial charge in [-0.2, -0.15) is 0 Å². The molecule has 0 unspecified atom stereocenters. The van der Waals surface area contributed by atoms with Crippen molar-refractivity contribution in [2.45, 2.75) is 19.3 Å². The first-order valence-corrected chi connectivity index (χ1v) is 6.50. The third-order valence-electron chi connectivity index (χ3n) is 3.58. The predicted octanol–water partition coefficient (Wildman–Crippen LogP) is 1.42. The summed E-state index contributed by atoms with van der Waals surface area (Å²) in [6.45, 7) is 0.966. The van der Waals surface area contributed by atoms with Crippen LogP contribution in [-0.4, -0.2) is 45.2 Å². The first kappa shape index (κ1) is 14.2. The zero-order valence-electron chi connectivity index (χ0n) is 11.0. The highest BCUT2D eigenvalue weighted by atomic mass is 16.4. The summed E-state index contributed by atoms with van der Waals surface area (Å²) in [5, 5.41) is 27.6. The zero-order valence-corrected chi connectivity index (χ0v) is 11.0. The molecule has 108 valence electrons. The molecular formula is C14H17NO5. The molecular weight excluding hydrogens is 262 g/mol. The van der Waals surface area contributed by atoms with Crippen molar-refractivity contribution in [2.75, 3.05) is 13.1 Å². The fraction of sp³-hybridized carbons (Fsp3) is 0.429. The van der Waals surface area contributed by atoms with E-state index in [-0.39, 0.29) is 35.3 Å². The lowest BCUT2D eigenvalue weighted by molar-refractivity contribution is -0.138. The molecule has 2 rings (SSSR count). The number of aromatic hydroxyl groups is 2. The molecule has 1 aliphatic heterocycles. The number of phenolic OH excluding ortho intramolecular Hbond substituents is 2. The second-order valence-electron chi connectivity index (χ2n) is 5.03. The number of carboxylic acids is 1. The van der Waals surface area contributed by atoms with E-state index in [1.165, 1.54) is 12.1 Å². The van der Waals surface area contributed by atoms with Crippen LogP contribution in [0.1, 0.15) is 29.6 Å². The average Bonchev–Trinajstić information content (AvgIpc) is 2.38. The maximum absolute atomic E-state index is 12.2. The van der Waals surface area contributed by atoms with Gasteiger partial charge in [0, 0.05) is 25.6 Å². The van der Waals surface area contributed by atoms with E-state index in [0.29, 0.717) is 25.9 Å². The Kier molecular flexibility index (Phi) is 4.12. The van der Waals surface area contributed by atoms with E-state index >= 15 is 0 Å². The zero-order chi connectivity index (χ0) is 14.7. The Hall–Kier alpha value is -2.24. The van der Waals surface area contributed by atoms with E-state index in [9.17, 15) is 19.8 Å². The minimum absolute atomic E-state index is 0.0979. The van der Waals surface area contributed by atoms with Gasteiger partial charge in [-0.05, 0) is 30.9 Å². The summed E-state index contributed by atoms with van der Waals surface area (Å²) in [6.07, 6.45) is 1.43.